The fraction of sp³-hybridized carbons (Fsp3) is 0.0638. The molecule has 0 radical (unpaired) electrons. The molecule has 10 aromatic rings. The summed E-state index contributed by atoms with van der Waals surface area (Å²) in [5, 5.41) is 4.76. The highest BCUT2D eigenvalue weighted by molar-refractivity contribution is 6.17. The monoisotopic (exact) mass is 640 g/mol. The first-order valence-electron chi connectivity index (χ1n) is 17.4. The minimum Gasteiger partial charge on any atom is -0.454 e. The van der Waals surface area contributed by atoms with Crippen LogP contribution in [0.1, 0.15) is 25.0 Å². The molecule has 3 heteroatoms. The van der Waals surface area contributed by atoms with Crippen molar-refractivity contribution in [2.24, 2.45) is 0 Å². The number of nitrogens with zero attached hydrogens (tertiary/aromatic N) is 2. The molecule has 3 heterocycles. The quantitative estimate of drug-likeness (QED) is 0.188. The molecule has 0 aliphatic heterocycles. The van der Waals surface area contributed by atoms with Gasteiger partial charge in [0, 0.05) is 38.3 Å². The first-order valence-corrected chi connectivity index (χ1v) is 17.4. The summed E-state index contributed by atoms with van der Waals surface area (Å²) in [7, 11) is 0. The van der Waals surface area contributed by atoms with Crippen LogP contribution in [0.2, 0.25) is 0 Å². The third-order valence-electron chi connectivity index (χ3n) is 11.1. The van der Waals surface area contributed by atoms with Crippen molar-refractivity contribution in [3.8, 4) is 33.6 Å². The molecule has 11 rings (SSSR count). The molecule has 0 spiro atoms. The van der Waals surface area contributed by atoms with Crippen LogP contribution in [0.3, 0.4) is 0 Å². The lowest BCUT2D eigenvalue weighted by Crippen LogP contribution is -2.14. The van der Waals surface area contributed by atoms with Gasteiger partial charge in [-0.15, -0.1) is 0 Å². The Bertz CT molecular complexity index is 2990. The molecule has 1 aliphatic carbocycles. The van der Waals surface area contributed by atoms with Crippen LogP contribution in [0.15, 0.2) is 162 Å². The summed E-state index contributed by atoms with van der Waals surface area (Å²) in [6, 6.07) is 57.3. The van der Waals surface area contributed by atoms with Crippen LogP contribution < -0.4 is 0 Å². The zero-order chi connectivity index (χ0) is 33.1. The molecule has 0 N–H and O–H groups in total. The van der Waals surface area contributed by atoms with Crippen LogP contribution in [0.5, 0.6) is 0 Å². The molecule has 0 amide bonds. The Balaban J connectivity index is 1.18. The maximum Gasteiger partial charge on any atom is 0.161 e. The number of hydrogen-bond donors (Lipinski definition) is 0. The second-order valence-electron chi connectivity index (χ2n) is 14.2. The van der Waals surface area contributed by atoms with Crippen LogP contribution in [0, 0.1) is 0 Å². The highest BCUT2D eigenvalue weighted by atomic mass is 16.3. The summed E-state index contributed by atoms with van der Waals surface area (Å²) >= 11 is 0. The van der Waals surface area contributed by atoms with Crippen molar-refractivity contribution < 1.29 is 4.42 Å². The van der Waals surface area contributed by atoms with E-state index in [0.29, 0.717) is 0 Å². The third kappa shape index (κ3) is 3.64. The number of aromatic nitrogens is 2. The second-order valence-corrected chi connectivity index (χ2v) is 14.2. The number of fused-ring (bicyclic) bond motifs is 11. The molecule has 0 saturated carbocycles. The Morgan fingerprint density at radius 2 is 1.04 bits per heavy atom. The van der Waals surface area contributed by atoms with E-state index in [1.54, 1.807) is 0 Å². The van der Waals surface area contributed by atoms with Crippen molar-refractivity contribution in [1.82, 2.24) is 9.13 Å². The molecule has 7 aromatic carbocycles. The van der Waals surface area contributed by atoms with Crippen molar-refractivity contribution in [2.75, 3.05) is 0 Å². The van der Waals surface area contributed by atoms with Crippen LogP contribution in [-0.2, 0) is 5.41 Å². The fourth-order valence-electron chi connectivity index (χ4n) is 8.74. The average molecular weight is 641 g/mol. The Morgan fingerprint density at radius 3 is 1.80 bits per heavy atom. The van der Waals surface area contributed by atoms with Gasteiger partial charge in [0.15, 0.2) is 5.58 Å². The van der Waals surface area contributed by atoms with Crippen LogP contribution >= 0.6 is 0 Å². The Morgan fingerprint density at radius 1 is 0.440 bits per heavy atom. The molecular formula is C47H32N2O. The van der Waals surface area contributed by atoms with Gasteiger partial charge in [-0.25, -0.2) is 0 Å². The van der Waals surface area contributed by atoms with Crippen LogP contribution in [0.4, 0.5) is 0 Å². The number of benzene rings is 7. The number of hydrogen-bond acceptors (Lipinski definition) is 1. The van der Waals surface area contributed by atoms with Gasteiger partial charge in [0.05, 0.1) is 16.6 Å². The van der Waals surface area contributed by atoms with E-state index in [1.807, 2.05) is 6.07 Å². The average Bonchev–Trinajstić information content (AvgIpc) is 3.86. The van der Waals surface area contributed by atoms with Crippen molar-refractivity contribution in [3.63, 3.8) is 0 Å². The molecule has 0 bridgehead atoms. The molecule has 0 unspecified atom stereocenters. The van der Waals surface area contributed by atoms with Gasteiger partial charge in [-0.05, 0) is 106 Å². The van der Waals surface area contributed by atoms with E-state index >= 15 is 0 Å². The van der Waals surface area contributed by atoms with Gasteiger partial charge in [0.1, 0.15) is 11.1 Å². The summed E-state index contributed by atoms with van der Waals surface area (Å²) in [5.41, 5.74) is 16.6. The Labute approximate surface area is 289 Å². The molecule has 3 nitrogen and oxygen atoms in total. The van der Waals surface area contributed by atoms with Gasteiger partial charge in [0.25, 0.3) is 0 Å². The van der Waals surface area contributed by atoms with Crippen molar-refractivity contribution in [2.45, 2.75) is 19.3 Å². The maximum absolute atomic E-state index is 6.60. The smallest absolute Gasteiger partial charge is 0.161 e. The predicted molar refractivity (Wildman–Crippen MR) is 208 cm³/mol. The number of furan rings is 1. The van der Waals surface area contributed by atoms with Gasteiger partial charge in [-0.3, -0.25) is 0 Å². The highest BCUT2D eigenvalue weighted by Gasteiger charge is 2.36. The van der Waals surface area contributed by atoms with E-state index in [4.69, 9.17) is 4.42 Å². The summed E-state index contributed by atoms with van der Waals surface area (Å²) in [6.45, 7) is 4.72. The lowest BCUT2D eigenvalue weighted by atomic mass is 9.82. The number of rotatable bonds is 3. The fourth-order valence-corrected chi connectivity index (χ4v) is 8.74. The summed E-state index contributed by atoms with van der Waals surface area (Å²) in [6.07, 6.45) is 0. The van der Waals surface area contributed by atoms with E-state index in [2.05, 4.69) is 175 Å². The zero-order valence-electron chi connectivity index (χ0n) is 27.8. The molecule has 3 aromatic heterocycles. The largest absolute Gasteiger partial charge is 0.454 e. The van der Waals surface area contributed by atoms with E-state index in [-0.39, 0.29) is 5.41 Å². The SMILES string of the molecule is CC1(C)c2ccccc2-c2cc3c4cc(-c5ccc6c(c5)c5oc7ccccc7c5n6-c5ccccc5)ccc4n(-c4ccccc4)c3cc21. The van der Waals surface area contributed by atoms with Crippen molar-refractivity contribution in [3.05, 3.63) is 169 Å². The standard InChI is InChI=1S/C47H32N2O/c1-47(2)39-19-11-9-17-33(39)35-27-37-36-25-29(21-23-41(36)48(43(37)28-40(35)47)31-13-5-3-6-14-31)30-22-24-42-38(26-30)46-45(34-18-10-12-20-44(34)50-46)49(42)32-15-7-4-8-16-32/h3-28H,1-2H3. The van der Waals surface area contributed by atoms with E-state index in [1.165, 1.54) is 60.9 Å². The topological polar surface area (TPSA) is 23.0 Å². The predicted octanol–water partition coefficient (Wildman–Crippen LogP) is 12.6. The lowest BCUT2D eigenvalue weighted by molar-refractivity contribution is 0.661. The molecule has 0 fully saturated rings. The van der Waals surface area contributed by atoms with E-state index in [0.717, 1.165) is 38.7 Å². The lowest BCUT2D eigenvalue weighted by Gasteiger charge is -2.21. The third-order valence-corrected chi connectivity index (χ3v) is 11.1. The van der Waals surface area contributed by atoms with Gasteiger partial charge >= 0.3 is 0 Å². The van der Waals surface area contributed by atoms with E-state index < -0.39 is 0 Å². The first-order chi connectivity index (χ1) is 24.6. The molecule has 50 heavy (non-hydrogen) atoms. The highest BCUT2D eigenvalue weighted by Crippen LogP contribution is 2.51. The molecule has 0 atom stereocenters. The minimum atomic E-state index is -0.0726. The molecule has 236 valence electrons. The molecule has 1 aliphatic rings. The normalized spacial score (nSPS) is 13.6. The Hall–Kier alpha value is -6.32. The van der Waals surface area contributed by atoms with Crippen LogP contribution in [0.25, 0.3) is 88.4 Å². The van der Waals surface area contributed by atoms with Gasteiger partial charge in [0.2, 0.25) is 0 Å². The van der Waals surface area contributed by atoms with Gasteiger partial charge < -0.3 is 13.6 Å². The van der Waals surface area contributed by atoms with Crippen molar-refractivity contribution in [1.29, 1.82) is 0 Å². The zero-order valence-corrected chi connectivity index (χ0v) is 27.8. The minimum absolute atomic E-state index is 0.0726. The van der Waals surface area contributed by atoms with Crippen molar-refractivity contribution >= 4 is 54.8 Å². The Kier molecular flexibility index (Phi) is 5.45. The van der Waals surface area contributed by atoms with Crippen LogP contribution in [-0.4, -0.2) is 9.13 Å². The summed E-state index contributed by atoms with van der Waals surface area (Å²) in [5.74, 6) is 0. The molecular weight excluding hydrogens is 609 g/mol. The maximum atomic E-state index is 6.60. The summed E-state index contributed by atoms with van der Waals surface area (Å²) < 4.78 is 11.4. The number of para-hydroxylation sites is 3. The van der Waals surface area contributed by atoms with E-state index in [9.17, 15) is 0 Å². The van der Waals surface area contributed by atoms with Gasteiger partial charge in [-0.2, -0.15) is 0 Å². The van der Waals surface area contributed by atoms with Gasteiger partial charge in [-0.1, -0.05) is 98.8 Å². The first kappa shape index (κ1) is 27.6. The molecule has 0 saturated heterocycles. The second kappa shape index (κ2) is 9.87. The summed E-state index contributed by atoms with van der Waals surface area (Å²) in [4.78, 5) is 0.